The number of benzene rings is 2. The molecular formula is C30H32ClF3N2O4. The van der Waals surface area contributed by atoms with Crippen molar-refractivity contribution in [3.8, 4) is 17.0 Å². The van der Waals surface area contributed by atoms with Crippen molar-refractivity contribution < 1.29 is 32.6 Å². The van der Waals surface area contributed by atoms with Gasteiger partial charge < -0.3 is 15.2 Å². The van der Waals surface area contributed by atoms with Gasteiger partial charge in [-0.3, -0.25) is 9.59 Å². The molecule has 0 radical (unpaired) electrons. The van der Waals surface area contributed by atoms with Gasteiger partial charge in [-0.2, -0.15) is 13.2 Å². The molecule has 0 aliphatic rings. The summed E-state index contributed by atoms with van der Waals surface area (Å²) >= 11 is 6.16. The van der Waals surface area contributed by atoms with Crippen molar-refractivity contribution in [2.75, 3.05) is 11.9 Å². The minimum Gasteiger partial charge on any atom is -0.481 e. The first kappa shape index (κ1) is 30.9. The summed E-state index contributed by atoms with van der Waals surface area (Å²) in [6.45, 7) is 6.24. The van der Waals surface area contributed by atoms with Crippen LogP contribution in [0.3, 0.4) is 0 Å². The molecule has 0 amide bonds. The highest BCUT2D eigenvalue weighted by Gasteiger charge is 2.31. The van der Waals surface area contributed by atoms with Crippen LogP contribution in [0.2, 0.25) is 5.02 Å². The van der Waals surface area contributed by atoms with E-state index >= 15 is 0 Å². The number of hydrogen-bond acceptors (Lipinski definition) is 5. The van der Waals surface area contributed by atoms with Crippen molar-refractivity contribution in [3.05, 3.63) is 76.4 Å². The number of aryl methyl sites for hydroxylation is 1. The first-order valence-corrected chi connectivity index (χ1v) is 13.3. The van der Waals surface area contributed by atoms with E-state index in [0.717, 1.165) is 24.2 Å². The Balaban J connectivity index is 1.65. The predicted molar refractivity (Wildman–Crippen MR) is 149 cm³/mol. The lowest BCUT2D eigenvalue weighted by Crippen LogP contribution is -2.29. The van der Waals surface area contributed by atoms with Gasteiger partial charge in [0.1, 0.15) is 6.61 Å². The Bertz CT molecular complexity index is 1330. The molecule has 3 rings (SSSR count). The second kappa shape index (κ2) is 13.7. The summed E-state index contributed by atoms with van der Waals surface area (Å²) in [5.74, 6) is -0.273. The van der Waals surface area contributed by atoms with E-state index in [1.54, 1.807) is 31.2 Å². The number of Topliss-reactive ketones (excluding diaryl/α,β-unsaturated/α-hetero) is 1. The maximum absolute atomic E-state index is 13.0. The van der Waals surface area contributed by atoms with E-state index in [0.29, 0.717) is 47.2 Å². The summed E-state index contributed by atoms with van der Waals surface area (Å²) < 4.78 is 44.9. The molecule has 0 bridgehead atoms. The number of rotatable bonds is 13. The quantitative estimate of drug-likeness (QED) is 0.200. The molecular weight excluding hydrogens is 545 g/mol. The molecule has 0 fully saturated rings. The smallest absolute Gasteiger partial charge is 0.416 e. The predicted octanol–water partition coefficient (Wildman–Crippen LogP) is 8.07. The van der Waals surface area contributed by atoms with Gasteiger partial charge in [0.25, 0.3) is 0 Å². The number of alkyl halides is 3. The highest BCUT2D eigenvalue weighted by atomic mass is 35.5. The summed E-state index contributed by atoms with van der Waals surface area (Å²) in [6, 6.07) is 13.6. The van der Waals surface area contributed by atoms with Gasteiger partial charge in [0, 0.05) is 52.0 Å². The lowest BCUT2D eigenvalue weighted by atomic mass is 10.0. The first-order valence-electron chi connectivity index (χ1n) is 12.9. The minimum absolute atomic E-state index is 0.0115. The number of carbonyl (C=O) groups excluding carboxylic acids is 1. The highest BCUT2D eigenvalue weighted by Crippen LogP contribution is 2.36. The summed E-state index contributed by atoms with van der Waals surface area (Å²) in [5, 5.41) is 12.2. The zero-order chi connectivity index (χ0) is 29.4. The number of ether oxygens (including phenoxy) is 1. The van der Waals surface area contributed by atoms with Crippen LogP contribution < -0.4 is 10.1 Å². The number of ketones is 1. The fourth-order valence-electron chi connectivity index (χ4n) is 4.27. The van der Waals surface area contributed by atoms with E-state index < -0.39 is 17.7 Å². The van der Waals surface area contributed by atoms with Crippen molar-refractivity contribution in [2.24, 2.45) is 5.92 Å². The number of carbonyl (C=O) groups is 2. The average Bonchev–Trinajstić information content (AvgIpc) is 2.87. The fraction of sp³-hybridized carbons (Fsp3) is 0.367. The number of carboxylic acids is 1. The van der Waals surface area contributed by atoms with E-state index in [-0.39, 0.29) is 29.7 Å². The molecule has 40 heavy (non-hydrogen) atoms. The average molecular weight is 577 g/mol. The van der Waals surface area contributed by atoms with Crippen LogP contribution >= 0.6 is 11.6 Å². The lowest BCUT2D eigenvalue weighted by molar-refractivity contribution is -0.138. The molecule has 0 saturated carbocycles. The molecule has 2 aromatic carbocycles. The minimum atomic E-state index is -4.48. The van der Waals surface area contributed by atoms with Crippen LogP contribution in [0.4, 0.5) is 18.9 Å². The SMILES string of the molecule is Cc1nc(OC[C@H](CC(C)C)Nc2ccc(C(=O)CCCC(=O)O)cc2)ccc1-c1ccc(C(F)(F)F)cc1Cl. The lowest BCUT2D eigenvalue weighted by Gasteiger charge is -2.22. The molecule has 1 heterocycles. The van der Waals surface area contributed by atoms with E-state index in [1.807, 2.05) is 12.1 Å². The summed E-state index contributed by atoms with van der Waals surface area (Å²) in [6.07, 6.45) is -3.24. The molecule has 214 valence electrons. The Morgan fingerprint density at radius 2 is 1.70 bits per heavy atom. The number of hydrogen-bond donors (Lipinski definition) is 2. The monoisotopic (exact) mass is 576 g/mol. The zero-order valence-electron chi connectivity index (χ0n) is 22.5. The van der Waals surface area contributed by atoms with Crippen LogP contribution in [0.1, 0.15) is 61.1 Å². The zero-order valence-corrected chi connectivity index (χ0v) is 23.3. The van der Waals surface area contributed by atoms with Crippen LogP contribution in [0.5, 0.6) is 5.88 Å². The number of halogens is 4. The highest BCUT2D eigenvalue weighted by molar-refractivity contribution is 6.33. The van der Waals surface area contributed by atoms with Gasteiger partial charge >= 0.3 is 12.1 Å². The maximum Gasteiger partial charge on any atom is 0.416 e. The second-order valence-corrected chi connectivity index (χ2v) is 10.4. The number of carboxylic acid groups (broad SMARTS) is 1. The van der Waals surface area contributed by atoms with Crippen molar-refractivity contribution in [1.29, 1.82) is 0 Å². The Labute approximate surface area is 236 Å². The van der Waals surface area contributed by atoms with Gasteiger partial charge in [-0.25, -0.2) is 4.98 Å². The van der Waals surface area contributed by atoms with Gasteiger partial charge in [-0.05, 0) is 68.1 Å². The molecule has 3 aromatic rings. The molecule has 1 aromatic heterocycles. The van der Waals surface area contributed by atoms with Gasteiger partial charge in [-0.1, -0.05) is 31.5 Å². The fourth-order valence-corrected chi connectivity index (χ4v) is 4.55. The van der Waals surface area contributed by atoms with Gasteiger partial charge in [0.15, 0.2) is 5.78 Å². The number of pyridine rings is 1. The normalized spacial score (nSPS) is 12.3. The van der Waals surface area contributed by atoms with Crippen LogP contribution in [0.25, 0.3) is 11.1 Å². The van der Waals surface area contributed by atoms with E-state index in [1.165, 1.54) is 6.07 Å². The molecule has 0 aliphatic carbocycles. The molecule has 0 aliphatic heterocycles. The van der Waals surface area contributed by atoms with Crippen LogP contribution in [-0.2, 0) is 11.0 Å². The number of anilines is 1. The number of aliphatic carboxylic acids is 1. The Morgan fingerprint density at radius 3 is 2.27 bits per heavy atom. The van der Waals surface area contributed by atoms with E-state index in [2.05, 4.69) is 24.1 Å². The molecule has 1 atom stereocenters. The topological polar surface area (TPSA) is 88.5 Å². The molecule has 0 spiro atoms. The van der Waals surface area contributed by atoms with Crippen molar-refractivity contribution in [3.63, 3.8) is 0 Å². The Kier molecular flexibility index (Phi) is 10.6. The third kappa shape index (κ3) is 8.98. The standard InChI is InChI=1S/C30H32ClF3N2O4/c1-18(2)15-23(36-22-10-7-20(8-11-22)27(37)5-4-6-29(38)39)17-40-28-14-13-24(19(3)35-28)25-12-9-21(16-26(25)31)30(32,33)34/h7-14,16,18,23,36H,4-6,15,17H2,1-3H3,(H,38,39)/t23-/m0/s1. The summed E-state index contributed by atoms with van der Waals surface area (Å²) in [5.41, 5.74) is 2.16. The van der Waals surface area contributed by atoms with Gasteiger partial charge in [0.05, 0.1) is 11.6 Å². The second-order valence-electron chi connectivity index (χ2n) is 10.0. The van der Waals surface area contributed by atoms with E-state index in [4.69, 9.17) is 21.4 Å². The number of nitrogens with one attached hydrogen (secondary N) is 1. The van der Waals surface area contributed by atoms with Gasteiger partial charge in [0.2, 0.25) is 5.88 Å². The largest absolute Gasteiger partial charge is 0.481 e. The van der Waals surface area contributed by atoms with Crippen molar-refractivity contribution in [2.45, 2.75) is 58.7 Å². The Hall–Kier alpha value is -3.59. The van der Waals surface area contributed by atoms with E-state index in [9.17, 15) is 22.8 Å². The van der Waals surface area contributed by atoms with Crippen molar-refractivity contribution >= 4 is 29.0 Å². The summed E-state index contributed by atoms with van der Waals surface area (Å²) in [7, 11) is 0. The summed E-state index contributed by atoms with van der Waals surface area (Å²) in [4.78, 5) is 27.4. The molecule has 6 nitrogen and oxygen atoms in total. The van der Waals surface area contributed by atoms with Crippen LogP contribution in [0, 0.1) is 12.8 Å². The molecule has 0 unspecified atom stereocenters. The third-order valence-corrected chi connectivity index (χ3v) is 6.52. The first-order chi connectivity index (χ1) is 18.8. The van der Waals surface area contributed by atoms with Crippen molar-refractivity contribution in [1.82, 2.24) is 4.98 Å². The molecule has 0 saturated heterocycles. The molecule has 10 heteroatoms. The third-order valence-electron chi connectivity index (χ3n) is 6.21. The Morgan fingerprint density at radius 1 is 1.02 bits per heavy atom. The van der Waals surface area contributed by atoms with Crippen LogP contribution in [-0.4, -0.2) is 34.5 Å². The number of aromatic nitrogens is 1. The molecule has 2 N–H and O–H groups in total. The van der Waals surface area contributed by atoms with Gasteiger partial charge in [-0.15, -0.1) is 0 Å². The van der Waals surface area contributed by atoms with Crippen LogP contribution in [0.15, 0.2) is 54.6 Å². The number of nitrogens with zero attached hydrogens (tertiary/aromatic N) is 1. The maximum atomic E-state index is 13.0.